The van der Waals surface area contributed by atoms with Crippen LogP contribution in [0.25, 0.3) is 6.08 Å². The van der Waals surface area contributed by atoms with Crippen molar-refractivity contribution in [2.24, 2.45) is 0 Å². The van der Waals surface area contributed by atoms with Crippen molar-refractivity contribution < 1.29 is 19.1 Å². The van der Waals surface area contributed by atoms with Crippen molar-refractivity contribution in [1.82, 2.24) is 5.32 Å². The zero-order valence-electron chi connectivity index (χ0n) is 14.5. The molecule has 0 radical (unpaired) electrons. The lowest BCUT2D eigenvalue weighted by Gasteiger charge is -2.27. The highest BCUT2D eigenvalue weighted by Gasteiger charge is 2.37. The number of para-hydroxylation sites is 1. The van der Waals surface area contributed by atoms with Gasteiger partial charge in [0, 0.05) is 10.6 Å². The van der Waals surface area contributed by atoms with E-state index in [0.717, 1.165) is 4.90 Å². The summed E-state index contributed by atoms with van der Waals surface area (Å²) in [6, 6.07) is 8.39. The van der Waals surface area contributed by atoms with Crippen molar-refractivity contribution >= 4 is 64.4 Å². The van der Waals surface area contributed by atoms with Crippen LogP contribution in [0.3, 0.4) is 0 Å². The van der Waals surface area contributed by atoms with Gasteiger partial charge in [0.2, 0.25) is 0 Å². The van der Waals surface area contributed by atoms with Gasteiger partial charge < -0.3 is 4.74 Å². The number of urea groups is 1. The number of barbiturate groups is 1. The van der Waals surface area contributed by atoms with Gasteiger partial charge in [-0.05, 0) is 37.3 Å². The molecule has 1 aliphatic heterocycles. The first-order chi connectivity index (χ1) is 13.3. The third-order valence-electron chi connectivity index (χ3n) is 3.82. The average Bonchev–Trinajstić information content (AvgIpc) is 2.62. The third kappa shape index (κ3) is 3.85. The first kappa shape index (κ1) is 20.2. The number of nitrogens with zero attached hydrogens (tertiary/aromatic N) is 1. The molecule has 1 heterocycles. The predicted molar refractivity (Wildman–Crippen MR) is 108 cm³/mol. The van der Waals surface area contributed by atoms with E-state index >= 15 is 0 Å². The summed E-state index contributed by atoms with van der Waals surface area (Å²) in [6.45, 7) is 2.07. The van der Waals surface area contributed by atoms with Crippen LogP contribution in [0.4, 0.5) is 10.5 Å². The first-order valence-corrected chi connectivity index (χ1v) is 9.24. The van der Waals surface area contributed by atoms with Crippen molar-refractivity contribution in [3.63, 3.8) is 0 Å². The number of imide groups is 2. The van der Waals surface area contributed by atoms with Crippen molar-refractivity contribution in [3.05, 3.63) is 62.6 Å². The summed E-state index contributed by atoms with van der Waals surface area (Å²) in [4.78, 5) is 38.3. The van der Waals surface area contributed by atoms with Crippen LogP contribution in [0.2, 0.25) is 15.1 Å². The monoisotopic (exact) mass is 438 g/mol. The summed E-state index contributed by atoms with van der Waals surface area (Å²) in [7, 11) is 0. The Labute approximate surface area is 175 Å². The normalized spacial score (nSPS) is 15.8. The Balaban J connectivity index is 2.11. The summed E-state index contributed by atoms with van der Waals surface area (Å²) in [6.07, 6.45) is 1.27. The van der Waals surface area contributed by atoms with E-state index in [1.54, 1.807) is 19.1 Å². The van der Waals surface area contributed by atoms with Gasteiger partial charge in [0.15, 0.2) is 0 Å². The van der Waals surface area contributed by atoms with Crippen LogP contribution in [-0.2, 0) is 9.59 Å². The SMILES string of the molecule is CCOc1c(Cl)cc(Cl)cc1/C=C1\C(=O)NC(=O)N(c2ccccc2Cl)C1=O. The molecule has 0 aliphatic carbocycles. The van der Waals surface area contributed by atoms with Crippen molar-refractivity contribution in [2.45, 2.75) is 6.92 Å². The highest BCUT2D eigenvalue weighted by atomic mass is 35.5. The maximum absolute atomic E-state index is 13.0. The van der Waals surface area contributed by atoms with E-state index < -0.39 is 17.8 Å². The van der Waals surface area contributed by atoms with Crippen LogP contribution in [-0.4, -0.2) is 24.5 Å². The van der Waals surface area contributed by atoms with Gasteiger partial charge >= 0.3 is 6.03 Å². The number of nitrogens with one attached hydrogen (secondary N) is 1. The van der Waals surface area contributed by atoms with Gasteiger partial charge in [0.05, 0.1) is 22.3 Å². The second-order valence-corrected chi connectivity index (χ2v) is 6.90. The standard InChI is InChI=1S/C19H13Cl3N2O4/c1-2-28-16-10(7-11(20)9-14(16)22)8-12-17(25)23-19(27)24(18(12)26)15-6-4-3-5-13(15)21/h3-9H,2H2,1H3,(H,23,25,27)/b12-8+. The maximum atomic E-state index is 13.0. The number of carbonyl (C=O) groups is 3. The zero-order chi connectivity index (χ0) is 20.4. The fourth-order valence-corrected chi connectivity index (χ4v) is 3.43. The number of benzene rings is 2. The zero-order valence-corrected chi connectivity index (χ0v) is 16.7. The number of anilines is 1. The lowest BCUT2D eigenvalue weighted by Crippen LogP contribution is -2.54. The Kier molecular flexibility index (Phi) is 5.93. The predicted octanol–water partition coefficient (Wildman–Crippen LogP) is 4.71. The van der Waals surface area contributed by atoms with Gasteiger partial charge in [0.1, 0.15) is 11.3 Å². The van der Waals surface area contributed by atoms with E-state index in [2.05, 4.69) is 5.32 Å². The van der Waals surface area contributed by atoms with E-state index in [4.69, 9.17) is 39.5 Å². The first-order valence-electron chi connectivity index (χ1n) is 8.11. The quantitative estimate of drug-likeness (QED) is 0.553. The van der Waals surface area contributed by atoms with E-state index in [1.165, 1.54) is 30.3 Å². The number of hydrogen-bond acceptors (Lipinski definition) is 4. The molecule has 1 aliphatic rings. The molecular weight excluding hydrogens is 427 g/mol. The molecule has 0 unspecified atom stereocenters. The van der Waals surface area contributed by atoms with Crippen LogP contribution in [0.15, 0.2) is 42.0 Å². The van der Waals surface area contributed by atoms with Gasteiger partial charge in [-0.3, -0.25) is 14.9 Å². The van der Waals surface area contributed by atoms with Crippen molar-refractivity contribution in [1.29, 1.82) is 0 Å². The van der Waals surface area contributed by atoms with Gasteiger partial charge in [-0.15, -0.1) is 0 Å². The molecule has 0 atom stereocenters. The number of amides is 4. The molecular formula is C19H13Cl3N2O4. The van der Waals surface area contributed by atoms with Gasteiger partial charge in [-0.1, -0.05) is 46.9 Å². The second-order valence-electron chi connectivity index (χ2n) is 5.65. The summed E-state index contributed by atoms with van der Waals surface area (Å²) < 4.78 is 5.51. The van der Waals surface area contributed by atoms with Crippen molar-refractivity contribution in [2.75, 3.05) is 11.5 Å². The minimum absolute atomic E-state index is 0.152. The Bertz CT molecular complexity index is 1020. The van der Waals surface area contributed by atoms with Gasteiger partial charge in [-0.2, -0.15) is 0 Å². The second kappa shape index (κ2) is 8.22. The van der Waals surface area contributed by atoms with Crippen LogP contribution in [0.1, 0.15) is 12.5 Å². The Hall–Kier alpha value is -2.54. The highest BCUT2D eigenvalue weighted by molar-refractivity contribution is 6.42. The van der Waals surface area contributed by atoms with Crippen LogP contribution < -0.4 is 15.0 Å². The van der Waals surface area contributed by atoms with Crippen LogP contribution >= 0.6 is 34.8 Å². The lowest BCUT2D eigenvalue weighted by molar-refractivity contribution is -0.122. The Morgan fingerprint density at radius 3 is 2.46 bits per heavy atom. The molecule has 0 spiro atoms. The molecule has 6 nitrogen and oxygen atoms in total. The molecule has 144 valence electrons. The van der Waals surface area contributed by atoms with Crippen molar-refractivity contribution in [3.8, 4) is 5.75 Å². The molecule has 4 amide bonds. The average molecular weight is 440 g/mol. The molecule has 0 bridgehead atoms. The fourth-order valence-electron chi connectivity index (χ4n) is 2.65. The van der Waals surface area contributed by atoms with Gasteiger partial charge in [-0.25, -0.2) is 9.69 Å². The smallest absolute Gasteiger partial charge is 0.335 e. The fraction of sp³-hybridized carbons (Fsp3) is 0.105. The Morgan fingerprint density at radius 2 is 1.79 bits per heavy atom. The van der Waals surface area contributed by atoms with E-state index in [0.29, 0.717) is 17.2 Å². The molecule has 3 rings (SSSR count). The number of hydrogen-bond donors (Lipinski definition) is 1. The van der Waals surface area contributed by atoms with E-state index in [1.807, 2.05) is 0 Å². The van der Waals surface area contributed by atoms with E-state index in [-0.39, 0.29) is 27.1 Å². The topological polar surface area (TPSA) is 75.7 Å². The summed E-state index contributed by atoms with van der Waals surface area (Å²) >= 11 is 18.3. The van der Waals surface area contributed by atoms with Crippen LogP contribution in [0.5, 0.6) is 5.75 Å². The molecule has 0 aromatic heterocycles. The molecule has 1 N–H and O–H groups in total. The molecule has 2 aromatic carbocycles. The summed E-state index contributed by atoms with van der Waals surface area (Å²) in [5, 5.41) is 2.83. The largest absolute Gasteiger partial charge is 0.492 e. The number of carbonyl (C=O) groups excluding carboxylic acids is 3. The molecule has 28 heavy (non-hydrogen) atoms. The number of rotatable bonds is 4. The number of halogens is 3. The molecule has 2 aromatic rings. The third-order valence-corrected chi connectivity index (χ3v) is 4.64. The van der Waals surface area contributed by atoms with Crippen LogP contribution in [0, 0.1) is 0 Å². The Morgan fingerprint density at radius 1 is 1.07 bits per heavy atom. The van der Waals surface area contributed by atoms with E-state index in [9.17, 15) is 14.4 Å². The van der Waals surface area contributed by atoms with Gasteiger partial charge in [0.25, 0.3) is 11.8 Å². The minimum atomic E-state index is -0.894. The minimum Gasteiger partial charge on any atom is -0.492 e. The molecule has 1 saturated heterocycles. The summed E-state index contributed by atoms with van der Waals surface area (Å²) in [5.41, 5.74) is 0.185. The molecule has 1 fully saturated rings. The molecule has 0 saturated carbocycles. The lowest BCUT2D eigenvalue weighted by atomic mass is 10.1. The highest BCUT2D eigenvalue weighted by Crippen LogP contribution is 2.35. The summed E-state index contributed by atoms with van der Waals surface area (Å²) in [5.74, 6) is -1.42. The number of ether oxygens (including phenoxy) is 1. The molecule has 9 heteroatoms. The maximum Gasteiger partial charge on any atom is 0.335 e.